The van der Waals surface area contributed by atoms with E-state index < -0.39 is 0 Å². The van der Waals surface area contributed by atoms with E-state index >= 15 is 0 Å². The average Bonchev–Trinajstić information content (AvgIpc) is 2.60. The zero-order valence-electron chi connectivity index (χ0n) is 7.97. The topological polar surface area (TPSA) is 46.8 Å². The molecule has 0 saturated heterocycles. The number of rotatable bonds is 3. The van der Waals surface area contributed by atoms with E-state index in [9.17, 15) is 0 Å². The summed E-state index contributed by atoms with van der Waals surface area (Å²) in [5.74, 6) is 0.749. The molecule has 0 unspecified atom stereocenters. The van der Waals surface area contributed by atoms with E-state index in [2.05, 4.69) is 4.98 Å². The molecule has 2 heterocycles. The number of nitrogens with zero attached hydrogens (tertiary/aromatic N) is 2. The predicted molar refractivity (Wildman–Crippen MR) is 52.5 cm³/mol. The Kier molecular flexibility index (Phi) is 2.37. The zero-order chi connectivity index (χ0) is 9.97. The molecule has 0 spiro atoms. The number of methoxy groups -OCH3 is 1. The molecule has 14 heavy (non-hydrogen) atoms. The Labute approximate surface area is 81.8 Å². The molecular weight excluding hydrogens is 180 g/mol. The number of aromatic nitrogens is 2. The first-order chi connectivity index (χ1) is 6.85. The van der Waals surface area contributed by atoms with Crippen LogP contribution in [0.1, 0.15) is 5.69 Å². The number of pyridine rings is 1. The fraction of sp³-hybridized carbons (Fsp3) is 0.300. The minimum absolute atomic E-state index is 0.117. The highest BCUT2D eigenvalue weighted by Crippen LogP contribution is 2.14. The summed E-state index contributed by atoms with van der Waals surface area (Å²) in [6.07, 6.45) is 2.45. The van der Waals surface area contributed by atoms with Crippen LogP contribution in [-0.2, 0) is 6.42 Å². The molecule has 74 valence electrons. The lowest BCUT2D eigenvalue weighted by Crippen LogP contribution is -1.91. The molecule has 2 aromatic heterocycles. The van der Waals surface area contributed by atoms with Gasteiger partial charge in [-0.2, -0.15) is 0 Å². The van der Waals surface area contributed by atoms with Crippen LogP contribution in [0.5, 0.6) is 5.88 Å². The largest absolute Gasteiger partial charge is 0.482 e. The number of imidazole rings is 1. The number of aliphatic hydroxyl groups is 1. The summed E-state index contributed by atoms with van der Waals surface area (Å²) in [7, 11) is 1.63. The number of hydrogen-bond donors (Lipinski definition) is 1. The van der Waals surface area contributed by atoms with Crippen molar-refractivity contribution in [3.63, 3.8) is 0 Å². The fourth-order valence-corrected chi connectivity index (χ4v) is 1.44. The van der Waals surface area contributed by atoms with Crippen LogP contribution in [-0.4, -0.2) is 28.2 Å². The second-order valence-corrected chi connectivity index (χ2v) is 3.00. The van der Waals surface area contributed by atoms with Crippen molar-refractivity contribution in [2.75, 3.05) is 13.7 Å². The minimum atomic E-state index is 0.117. The van der Waals surface area contributed by atoms with Crippen LogP contribution in [0.2, 0.25) is 0 Å². The molecule has 2 aromatic rings. The fourth-order valence-electron chi connectivity index (χ4n) is 1.44. The molecule has 0 bridgehead atoms. The van der Waals surface area contributed by atoms with Gasteiger partial charge in [0, 0.05) is 19.2 Å². The van der Waals surface area contributed by atoms with E-state index in [4.69, 9.17) is 9.84 Å². The van der Waals surface area contributed by atoms with Gasteiger partial charge in [-0.25, -0.2) is 4.98 Å². The van der Waals surface area contributed by atoms with E-state index in [-0.39, 0.29) is 6.61 Å². The van der Waals surface area contributed by atoms with Crippen molar-refractivity contribution in [1.29, 1.82) is 0 Å². The summed E-state index contributed by atoms with van der Waals surface area (Å²) in [6, 6.07) is 5.67. The number of fused-ring (bicyclic) bond motifs is 1. The maximum Gasteiger partial charge on any atom is 0.198 e. The van der Waals surface area contributed by atoms with Gasteiger partial charge in [-0.15, -0.1) is 0 Å². The van der Waals surface area contributed by atoms with Crippen molar-refractivity contribution in [2.45, 2.75) is 6.42 Å². The Morgan fingerprint density at radius 2 is 2.36 bits per heavy atom. The Bertz CT molecular complexity index is 437. The highest BCUT2D eigenvalue weighted by molar-refractivity contribution is 5.43. The Morgan fingerprint density at radius 1 is 1.50 bits per heavy atom. The standard InChI is InChI=1S/C10H12N2O2/c1-14-10-4-2-3-9-11-8(5-6-13)7-12(9)10/h2-4,7,13H,5-6H2,1H3. The smallest absolute Gasteiger partial charge is 0.198 e. The summed E-state index contributed by atoms with van der Waals surface area (Å²) in [4.78, 5) is 4.33. The van der Waals surface area contributed by atoms with Crippen molar-refractivity contribution in [3.05, 3.63) is 30.1 Å². The Morgan fingerprint density at radius 3 is 3.07 bits per heavy atom. The second kappa shape index (κ2) is 3.67. The third-order valence-electron chi connectivity index (χ3n) is 2.08. The molecule has 0 radical (unpaired) electrons. The van der Waals surface area contributed by atoms with E-state index in [0.29, 0.717) is 6.42 Å². The van der Waals surface area contributed by atoms with Crippen molar-refractivity contribution < 1.29 is 9.84 Å². The van der Waals surface area contributed by atoms with Gasteiger partial charge in [0.05, 0.1) is 12.8 Å². The van der Waals surface area contributed by atoms with Gasteiger partial charge >= 0.3 is 0 Å². The first kappa shape index (κ1) is 9.02. The van der Waals surface area contributed by atoms with Gasteiger partial charge < -0.3 is 9.84 Å². The van der Waals surface area contributed by atoms with Crippen LogP contribution >= 0.6 is 0 Å². The predicted octanol–water partition coefficient (Wildman–Crippen LogP) is 0.878. The quantitative estimate of drug-likeness (QED) is 0.785. The molecule has 0 saturated carbocycles. The zero-order valence-corrected chi connectivity index (χ0v) is 7.97. The molecule has 4 heteroatoms. The molecule has 0 amide bonds. The van der Waals surface area contributed by atoms with Crippen LogP contribution in [0.3, 0.4) is 0 Å². The average molecular weight is 192 g/mol. The van der Waals surface area contributed by atoms with Crippen LogP contribution < -0.4 is 4.74 Å². The minimum Gasteiger partial charge on any atom is -0.482 e. The van der Waals surface area contributed by atoms with Crippen molar-refractivity contribution >= 4 is 5.65 Å². The molecule has 0 atom stereocenters. The molecule has 4 nitrogen and oxygen atoms in total. The van der Waals surface area contributed by atoms with Crippen LogP contribution in [0.15, 0.2) is 24.4 Å². The van der Waals surface area contributed by atoms with Crippen LogP contribution in [0, 0.1) is 0 Å². The molecule has 0 aromatic carbocycles. The van der Waals surface area contributed by atoms with Crippen LogP contribution in [0.4, 0.5) is 0 Å². The molecular formula is C10H12N2O2. The summed E-state index contributed by atoms with van der Waals surface area (Å²) in [5, 5.41) is 8.79. The summed E-state index contributed by atoms with van der Waals surface area (Å²) in [5.41, 5.74) is 1.71. The lowest BCUT2D eigenvalue weighted by Gasteiger charge is -2.01. The lowest BCUT2D eigenvalue weighted by molar-refractivity contribution is 0.298. The van der Waals surface area contributed by atoms with E-state index in [1.165, 1.54) is 0 Å². The summed E-state index contributed by atoms with van der Waals surface area (Å²) >= 11 is 0. The van der Waals surface area contributed by atoms with E-state index in [1.54, 1.807) is 7.11 Å². The monoisotopic (exact) mass is 192 g/mol. The second-order valence-electron chi connectivity index (χ2n) is 3.00. The molecule has 0 aliphatic heterocycles. The van der Waals surface area contributed by atoms with E-state index in [1.807, 2.05) is 28.8 Å². The lowest BCUT2D eigenvalue weighted by atomic mass is 10.4. The Hall–Kier alpha value is -1.55. The normalized spacial score (nSPS) is 10.7. The molecule has 0 fully saturated rings. The number of ether oxygens (including phenoxy) is 1. The Balaban J connectivity index is 2.52. The van der Waals surface area contributed by atoms with Crippen molar-refractivity contribution in [1.82, 2.24) is 9.38 Å². The van der Waals surface area contributed by atoms with E-state index in [0.717, 1.165) is 17.2 Å². The maximum atomic E-state index is 8.79. The molecule has 2 rings (SSSR count). The van der Waals surface area contributed by atoms with Gasteiger partial charge in [-0.05, 0) is 12.1 Å². The first-order valence-corrected chi connectivity index (χ1v) is 4.47. The highest BCUT2D eigenvalue weighted by atomic mass is 16.5. The first-order valence-electron chi connectivity index (χ1n) is 4.47. The van der Waals surface area contributed by atoms with Crippen molar-refractivity contribution in [2.24, 2.45) is 0 Å². The van der Waals surface area contributed by atoms with Crippen LogP contribution in [0.25, 0.3) is 5.65 Å². The number of aliphatic hydroxyl groups excluding tert-OH is 1. The summed E-state index contributed by atoms with van der Waals surface area (Å²) in [6.45, 7) is 0.117. The van der Waals surface area contributed by atoms with Gasteiger partial charge in [0.2, 0.25) is 0 Å². The van der Waals surface area contributed by atoms with Gasteiger partial charge in [0.25, 0.3) is 0 Å². The van der Waals surface area contributed by atoms with Gasteiger partial charge in [-0.3, -0.25) is 4.40 Å². The molecule has 0 aliphatic rings. The van der Waals surface area contributed by atoms with Gasteiger partial charge in [0.15, 0.2) is 5.88 Å². The maximum absolute atomic E-state index is 8.79. The molecule has 1 N–H and O–H groups in total. The van der Waals surface area contributed by atoms with Gasteiger partial charge in [0.1, 0.15) is 5.65 Å². The van der Waals surface area contributed by atoms with Gasteiger partial charge in [-0.1, -0.05) is 6.07 Å². The van der Waals surface area contributed by atoms with Crippen molar-refractivity contribution in [3.8, 4) is 5.88 Å². The third kappa shape index (κ3) is 1.44. The summed E-state index contributed by atoms with van der Waals surface area (Å²) < 4.78 is 7.05. The molecule has 0 aliphatic carbocycles. The third-order valence-corrected chi connectivity index (χ3v) is 2.08. The SMILES string of the molecule is COc1cccc2nc(CCO)cn12. The number of hydrogen-bond acceptors (Lipinski definition) is 3. The highest BCUT2D eigenvalue weighted by Gasteiger charge is 2.03.